The molecule has 0 unspecified atom stereocenters. The first-order chi connectivity index (χ1) is 17.9. The molecule has 1 aromatic heterocycles. The summed E-state index contributed by atoms with van der Waals surface area (Å²) in [5.41, 5.74) is 2.53. The molecule has 0 aliphatic heterocycles. The first-order valence-corrected chi connectivity index (χ1v) is 13.3. The number of aliphatic hydroxyl groups excluding tert-OH is 1. The predicted molar refractivity (Wildman–Crippen MR) is 139 cm³/mol. The molecule has 0 spiro atoms. The van der Waals surface area contributed by atoms with Gasteiger partial charge in [0, 0.05) is 24.2 Å². The number of tetrazole rings is 1. The topological polar surface area (TPSA) is 131 Å². The molecule has 10 nitrogen and oxygen atoms in total. The fourth-order valence-corrected chi connectivity index (χ4v) is 5.07. The van der Waals surface area contributed by atoms with Gasteiger partial charge in [0.25, 0.3) is 0 Å². The van der Waals surface area contributed by atoms with Gasteiger partial charge in [0.15, 0.2) is 0 Å². The van der Waals surface area contributed by atoms with E-state index < -0.39 is 22.2 Å². The molecule has 0 amide bonds. The summed E-state index contributed by atoms with van der Waals surface area (Å²) >= 11 is 6.24. The molecule has 0 saturated carbocycles. The zero-order chi connectivity index (χ0) is 26.3. The molecule has 0 bridgehead atoms. The largest absolute Gasteiger partial charge is 0.497 e. The van der Waals surface area contributed by atoms with Crippen molar-refractivity contribution in [3.05, 3.63) is 95.3 Å². The molecule has 2 atom stereocenters. The standard InChI is InChI=1S/C25H27ClN6O4S/c1-36-21-8-10-22(11-9-21)37(34,35)29-16-25(33)23(13-18-5-3-2-4-6-18)27-15-19-14-20(26)7-12-24(19)32-17-28-30-31-32/h2-12,14,17,23,25,27,29,33H,13,15-16H2,1H3/t23-,25-/m0/s1. The van der Waals surface area contributed by atoms with E-state index in [9.17, 15) is 13.5 Å². The number of methoxy groups -OCH3 is 1. The molecule has 4 aromatic rings. The Morgan fingerprint density at radius 2 is 1.84 bits per heavy atom. The normalized spacial score (nSPS) is 13.3. The quantitative estimate of drug-likeness (QED) is 0.249. The van der Waals surface area contributed by atoms with Crippen molar-refractivity contribution in [1.29, 1.82) is 0 Å². The molecular formula is C25H27ClN6O4S. The number of halogens is 1. The lowest BCUT2D eigenvalue weighted by Crippen LogP contribution is -2.47. The van der Waals surface area contributed by atoms with Gasteiger partial charge in [0.05, 0.1) is 23.8 Å². The molecule has 3 N–H and O–H groups in total. The summed E-state index contributed by atoms with van der Waals surface area (Å²) in [5.74, 6) is 0.549. The van der Waals surface area contributed by atoms with E-state index >= 15 is 0 Å². The lowest BCUT2D eigenvalue weighted by atomic mass is 10.0. The summed E-state index contributed by atoms with van der Waals surface area (Å²) in [6, 6.07) is 20.5. The van der Waals surface area contributed by atoms with Gasteiger partial charge in [-0.25, -0.2) is 17.8 Å². The number of aromatic nitrogens is 4. The van der Waals surface area contributed by atoms with Crippen molar-refractivity contribution >= 4 is 21.6 Å². The number of aliphatic hydroxyl groups is 1. The monoisotopic (exact) mass is 542 g/mol. The number of hydrogen-bond donors (Lipinski definition) is 3. The van der Waals surface area contributed by atoms with Crippen LogP contribution in [0.15, 0.2) is 84.0 Å². The number of nitrogens with zero attached hydrogens (tertiary/aromatic N) is 4. The van der Waals surface area contributed by atoms with E-state index in [2.05, 4.69) is 25.6 Å². The Labute approximate surface area is 220 Å². The number of rotatable bonds is 12. The van der Waals surface area contributed by atoms with Crippen LogP contribution in [0.25, 0.3) is 5.69 Å². The van der Waals surface area contributed by atoms with Crippen LogP contribution >= 0.6 is 11.6 Å². The molecule has 0 radical (unpaired) electrons. The highest BCUT2D eigenvalue weighted by Crippen LogP contribution is 2.20. The summed E-state index contributed by atoms with van der Waals surface area (Å²) in [5, 5.41) is 26.3. The smallest absolute Gasteiger partial charge is 0.240 e. The second kappa shape index (κ2) is 12.3. The van der Waals surface area contributed by atoms with E-state index in [0.717, 1.165) is 16.8 Å². The Bertz CT molecular complexity index is 1390. The highest BCUT2D eigenvalue weighted by atomic mass is 35.5. The van der Waals surface area contributed by atoms with Gasteiger partial charge < -0.3 is 15.2 Å². The van der Waals surface area contributed by atoms with Gasteiger partial charge in [-0.1, -0.05) is 41.9 Å². The van der Waals surface area contributed by atoms with E-state index in [1.165, 1.54) is 30.3 Å². The van der Waals surface area contributed by atoms with Crippen molar-refractivity contribution in [3.63, 3.8) is 0 Å². The predicted octanol–water partition coefficient (Wildman–Crippen LogP) is 2.36. The van der Waals surface area contributed by atoms with Crippen molar-refractivity contribution < 1.29 is 18.3 Å². The fourth-order valence-electron chi connectivity index (χ4n) is 3.82. The molecule has 0 aliphatic rings. The van der Waals surface area contributed by atoms with Crippen LogP contribution in [0.4, 0.5) is 0 Å². The maximum Gasteiger partial charge on any atom is 0.240 e. The van der Waals surface area contributed by atoms with Gasteiger partial charge in [-0.15, -0.1) is 5.10 Å². The van der Waals surface area contributed by atoms with Crippen molar-refractivity contribution in [2.45, 2.75) is 30.0 Å². The molecule has 194 valence electrons. The maximum atomic E-state index is 12.8. The average Bonchev–Trinajstić information content (AvgIpc) is 3.45. The van der Waals surface area contributed by atoms with E-state index in [1.807, 2.05) is 30.3 Å². The molecule has 12 heteroatoms. The third kappa shape index (κ3) is 7.12. The van der Waals surface area contributed by atoms with Gasteiger partial charge in [-0.3, -0.25) is 0 Å². The maximum absolute atomic E-state index is 12.8. The number of nitrogens with one attached hydrogen (secondary N) is 2. The summed E-state index contributed by atoms with van der Waals surface area (Å²) in [6.45, 7) is 0.143. The Morgan fingerprint density at radius 1 is 1.08 bits per heavy atom. The van der Waals surface area contributed by atoms with Crippen LogP contribution in [0.3, 0.4) is 0 Å². The fraction of sp³-hybridized carbons (Fsp3) is 0.240. The lowest BCUT2D eigenvalue weighted by molar-refractivity contribution is 0.129. The molecule has 4 rings (SSSR count). The van der Waals surface area contributed by atoms with Crippen LogP contribution in [0.2, 0.25) is 5.02 Å². The Balaban J connectivity index is 1.50. The molecule has 3 aromatic carbocycles. The van der Waals surface area contributed by atoms with E-state index in [-0.39, 0.29) is 11.4 Å². The first kappa shape index (κ1) is 26.7. The van der Waals surface area contributed by atoms with E-state index in [0.29, 0.717) is 23.7 Å². The zero-order valence-corrected chi connectivity index (χ0v) is 21.6. The molecule has 0 aliphatic carbocycles. The van der Waals surface area contributed by atoms with Crippen molar-refractivity contribution in [2.75, 3.05) is 13.7 Å². The minimum Gasteiger partial charge on any atom is -0.497 e. The lowest BCUT2D eigenvalue weighted by Gasteiger charge is -2.25. The Kier molecular flexibility index (Phi) is 8.85. The third-order valence-electron chi connectivity index (χ3n) is 5.81. The summed E-state index contributed by atoms with van der Waals surface area (Å²) < 4.78 is 34.7. The number of benzene rings is 3. The Hall–Kier alpha value is -3.35. The number of ether oxygens (including phenoxy) is 1. The van der Waals surface area contributed by atoms with Gasteiger partial charge in [-0.05, 0) is 70.4 Å². The molecule has 0 fully saturated rings. The van der Waals surface area contributed by atoms with Crippen LogP contribution < -0.4 is 14.8 Å². The SMILES string of the molecule is COc1ccc(S(=O)(=O)NC[C@H](O)[C@H](Cc2ccccc2)NCc2cc(Cl)ccc2-n2cnnn2)cc1. The summed E-state index contributed by atoms with van der Waals surface area (Å²) in [4.78, 5) is 0.0816. The van der Waals surface area contributed by atoms with Crippen molar-refractivity contribution in [1.82, 2.24) is 30.2 Å². The number of hydrogen-bond acceptors (Lipinski definition) is 8. The molecular weight excluding hydrogens is 516 g/mol. The van der Waals surface area contributed by atoms with Gasteiger partial charge in [-0.2, -0.15) is 0 Å². The van der Waals surface area contributed by atoms with Gasteiger partial charge in [0.1, 0.15) is 12.1 Å². The van der Waals surface area contributed by atoms with Crippen molar-refractivity contribution in [2.24, 2.45) is 0 Å². The Morgan fingerprint density at radius 3 is 2.51 bits per heavy atom. The molecule has 1 heterocycles. The van der Waals surface area contributed by atoms with Crippen LogP contribution in [0.5, 0.6) is 5.75 Å². The zero-order valence-electron chi connectivity index (χ0n) is 20.0. The van der Waals surface area contributed by atoms with Crippen molar-refractivity contribution in [3.8, 4) is 11.4 Å². The van der Waals surface area contributed by atoms with Gasteiger partial charge >= 0.3 is 0 Å². The van der Waals surface area contributed by atoms with Crippen LogP contribution in [0.1, 0.15) is 11.1 Å². The highest BCUT2D eigenvalue weighted by Gasteiger charge is 2.23. The number of sulfonamides is 1. The van der Waals surface area contributed by atoms with Crippen LogP contribution in [-0.2, 0) is 23.0 Å². The van der Waals surface area contributed by atoms with E-state index in [4.69, 9.17) is 16.3 Å². The second-order valence-electron chi connectivity index (χ2n) is 8.30. The second-order valence-corrected chi connectivity index (χ2v) is 10.5. The molecule has 0 saturated heterocycles. The molecule has 37 heavy (non-hydrogen) atoms. The minimum absolute atomic E-state index is 0.0816. The average molecular weight is 543 g/mol. The summed E-state index contributed by atoms with van der Waals surface area (Å²) in [7, 11) is -2.32. The highest BCUT2D eigenvalue weighted by molar-refractivity contribution is 7.89. The third-order valence-corrected chi connectivity index (χ3v) is 7.48. The summed E-state index contributed by atoms with van der Waals surface area (Å²) in [6.07, 6.45) is 0.910. The van der Waals surface area contributed by atoms with E-state index in [1.54, 1.807) is 30.3 Å². The first-order valence-electron chi connectivity index (χ1n) is 11.5. The van der Waals surface area contributed by atoms with Gasteiger partial charge in [0.2, 0.25) is 10.0 Å². The van der Waals surface area contributed by atoms with Crippen LogP contribution in [-0.4, -0.2) is 59.5 Å². The van der Waals surface area contributed by atoms with Crippen LogP contribution in [0, 0.1) is 0 Å². The minimum atomic E-state index is -3.83.